The van der Waals surface area contributed by atoms with Crippen molar-refractivity contribution in [3.05, 3.63) is 35.5 Å². The highest BCUT2D eigenvalue weighted by Crippen LogP contribution is 2.25. The lowest BCUT2D eigenvalue weighted by Crippen LogP contribution is -2.21. The summed E-state index contributed by atoms with van der Waals surface area (Å²) in [6.07, 6.45) is 15.4. The van der Waals surface area contributed by atoms with Gasteiger partial charge in [0.2, 0.25) is 0 Å². The van der Waals surface area contributed by atoms with Crippen LogP contribution >= 0.6 is 0 Å². The quantitative estimate of drug-likeness (QED) is 0.604. The molecule has 0 spiro atoms. The molecule has 1 N–H and O–H groups in total. The molecule has 0 radical (unpaired) electrons. The van der Waals surface area contributed by atoms with Gasteiger partial charge in [-0.3, -0.25) is 0 Å². The summed E-state index contributed by atoms with van der Waals surface area (Å²) >= 11 is 0. The van der Waals surface area contributed by atoms with Crippen molar-refractivity contribution < 1.29 is 5.11 Å². The van der Waals surface area contributed by atoms with Gasteiger partial charge < -0.3 is 5.11 Å². The highest BCUT2D eigenvalue weighted by Gasteiger charge is 2.17. The zero-order valence-corrected chi connectivity index (χ0v) is 14.7. The maximum atomic E-state index is 10.5. The molecule has 1 heteroatoms. The van der Waals surface area contributed by atoms with Gasteiger partial charge in [0.1, 0.15) is 0 Å². The molecule has 0 aromatic heterocycles. The average Bonchev–Trinajstić information content (AvgIpc) is 2.37. The van der Waals surface area contributed by atoms with E-state index in [2.05, 4.69) is 45.9 Å². The third-order valence-electron chi connectivity index (χ3n) is 4.61. The number of hydrogen-bond acceptors (Lipinski definition) is 1. The molecule has 0 fully saturated rings. The minimum atomic E-state index is -0.682. The summed E-state index contributed by atoms with van der Waals surface area (Å²) < 4.78 is 0. The summed E-state index contributed by atoms with van der Waals surface area (Å²) in [5, 5.41) is 10.5. The second-order valence-electron chi connectivity index (χ2n) is 7.34. The lowest BCUT2D eigenvalue weighted by molar-refractivity contribution is 0.102. The number of rotatable bonds is 1. The first kappa shape index (κ1) is 18.2. The van der Waals surface area contributed by atoms with Gasteiger partial charge >= 0.3 is 0 Å². The average molecular weight is 290 g/mol. The standard InChI is InChI=1S/C20H34O/c1-16(2)19-12-11-18(4)9-6-8-17(3)10-7-14-20(5,21)15-13-19/h9-10,13,15-16,19,21H,6-8,11-12,14H2,1-5H3/b15-13+,17-10+,18-9+/t19?,20-/m1/s1. The number of allylic oxidation sites excluding steroid dienone is 5. The summed E-state index contributed by atoms with van der Waals surface area (Å²) in [4.78, 5) is 0. The van der Waals surface area contributed by atoms with Crippen LogP contribution in [-0.4, -0.2) is 10.7 Å². The van der Waals surface area contributed by atoms with E-state index in [1.165, 1.54) is 17.6 Å². The van der Waals surface area contributed by atoms with Crippen molar-refractivity contribution in [1.29, 1.82) is 0 Å². The normalized spacial score (nSPS) is 36.2. The Kier molecular flexibility index (Phi) is 7.45. The zero-order valence-electron chi connectivity index (χ0n) is 14.7. The first-order valence-corrected chi connectivity index (χ1v) is 8.53. The van der Waals surface area contributed by atoms with Gasteiger partial charge in [0, 0.05) is 0 Å². The molecule has 0 bridgehead atoms. The zero-order chi connectivity index (χ0) is 15.9. The Morgan fingerprint density at radius 3 is 2.38 bits per heavy atom. The fourth-order valence-corrected chi connectivity index (χ4v) is 2.82. The second kappa shape index (κ2) is 8.58. The minimum absolute atomic E-state index is 0.556. The van der Waals surface area contributed by atoms with Crippen LogP contribution in [0.15, 0.2) is 35.5 Å². The molecule has 1 nitrogen and oxygen atoms in total. The van der Waals surface area contributed by atoms with E-state index in [1.54, 1.807) is 0 Å². The first-order valence-electron chi connectivity index (χ1n) is 8.53. The van der Waals surface area contributed by atoms with Crippen molar-refractivity contribution in [2.45, 2.75) is 78.7 Å². The fourth-order valence-electron chi connectivity index (χ4n) is 2.82. The Morgan fingerprint density at radius 1 is 1.10 bits per heavy atom. The van der Waals surface area contributed by atoms with E-state index < -0.39 is 5.60 Å². The molecule has 0 saturated heterocycles. The van der Waals surface area contributed by atoms with E-state index in [-0.39, 0.29) is 0 Å². The minimum Gasteiger partial charge on any atom is -0.386 e. The lowest BCUT2D eigenvalue weighted by atomic mass is 9.87. The Balaban J connectivity index is 2.87. The Labute approximate surface area is 131 Å². The van der Waals surface area contributed by atoms with Crippen molar-refractivity contribution >= 4 is 0 Å². The lowest BCUT2D eigenvalue weighted by Gasteiger charge is -2.22. The predicted molar refractivity (Wildman–Crippen MR) is 93.3 cm³/mol. The highest BCUT2D eigenvalue weighted by atomic mass is 16.3. The number of hydrogen-bond donors (Lipinski definition) is 1. The SMILES string of the molecule is C/C1=C\CC[C@@](C)(O)/C=C/C(C(C)C)CC/C(C)=C/CC1. The van der Waals surface area contributed by atoms with E-state index in [9.17, 15) is 5.11 Å². The highest BCUT2D eigenvalue weighted by molar-refractivity contribution is 5.08. The van der Waals surface area contributed by atoms with E-state index in [0.717, 1.165) is 32.1 Å². The molecule has 0 aromatic rings. The molecule has 0 aliphatic heterocycles. The maximum absolute atomic E-state index is 10.5. The van der Waals surface area contributed by atoms with Crippen molar-refractivity contribution in [3.63, 3.8) is 0 Å². The Morgan fingerprint density at radius 2 is 1.71 bits per heavy atom. The molecule has 120 valence electrons. The topological polar surface area (TPSA) is 20.2 Å². The van der Waals surface area contributed by atoms with Crippen LogP contribution in [0.2, 0.25) is 0 Å². The van der Waals surface area contributed by atoms with Gasteiger partial charge in [0.15, 0.2) is 0 Å². The molecule has 1 aliphatic carbocycles. The van der Waals surface area contributed by atoms with Crippen LogP contribution in [0.3, 0.4) is 0 Å². The fraction of sp³-hybridized carbons (Fsp3) is 0.700. The monoisotopic (exact) mass is 290 g/mol. The molecule has 1 rings (SSSR count). The molecular weight excluding hydrogens is 256 g/mol. The van der Waals surface area contributed by atoms with Crippen molar-refractivity contribution in [3.8, 4) is 0 Å². The van der Waals surface area contributed by atoms with Gasteiger partial charge in [-0.15, -0.1) is 0 Å². The van der Waals surface area contributed by atoms with Gasteiger partial charge in [-0.25, -0.2) is 0 Å². The van der Waals surface area contributed by atoms with Gasteiger partial charge in [-0.05, 0) is 71.1 Å². The van der Waals surface area contributed by atoms with Gasteiger partial charge in [0.25, 0.3) is 0 Å². The van der Waals surface area contributed by atoms with Gasteiger partial charge in [0.05, 0.1) is 5.60 Å². The third kappa shape index (κ3) is 7.66. The van der Waals surface area contributed by atoms with E-state index in [4.69, 9.17) is 0 Å². The molecule has 1 unspecified atom stereocenters. The van der Waals surface area contributed by atoms with Crippen molar-refractivity contribution in [2.24, 2.45) is 11.8 Å². The second-order valence-corrected chi connectivity index (χ2v) is 7.34. The molecule has 2 atom stereocenters. The van der Waals surface area contributed by atoms with Crippen LogP contribution in [0.4, 0.5) is 0 Å². The molecule has 0 saturated carbocycles. The molecule has 0 heterocycles. The number of aliphatic hydroxyl groups is 1. The predicted octanol–water partition coefficient (Wildman–Crippen LogP) is 5.81. The maximum Gasteiger partial charge on any atom is 0.0802 e. The van der Waals surface area contributed by atoms with E-state index in [1.807, 2.05) is 13.0 Å². The Bertz CT molecular complexity index is 396. The van der Waals surface area contributed by atoms with E-state index >= 15 is 0 Å². The summed E-state index contributed by atoms with van der Waals surface area (Å²) in [6.45, 7) is 10.9. The van der Waals surface area contributed by atoms with Crippen molar-refractivity contribution in [1.82, 2.24) is 0 Å². The van der Waals surface area contributed by atoms with Crippen molar-refractivity contribution in [2.75, 3.05) is 0 Å². The molecule has 0 aromatic carbocycles. The van der Waals surface area contributed by atoms with E-state index in [0.29, 0.717) is 11.8 Å². The van der Waals surface area contributed by atoms with Crippen LogP contribution in [0.1, 0.15) is 73.1 Å². The molecular formula is C20H34O. The first-order chi connectivity index (χ1) is 9.80. The summed E-state index contributed by atoms with van der Waals surface area (Å²) in [5.74, 6) is 1.18. The Hall–Kier alpha value is -0.820. The van der Waals surface area contributed by atoms with Crippen LogP contribution < -0.4 is 0 Å². The van der Waals surface area contributed by atoms with Crippen LogP contribution in [0, 0.1) is 11.8 Å². The summed E-state index contributed by atoms with van der Waals surface area (Å²) in [6, 6.07) is 0. The smallest absolute Gasteiger partial charge is 0.0802 e. The molecule has 0 amide bonds. The largest absolute Gasteiger partial charge is 0.386 e. The molecule has 1 aliphatic rings. The van der Waals surface area contributed by atoms with Gasteiger partial charge in [-0.2, -0.15) is 0 Å². The van der Waals surface area contributed by atoms with Crippen LogP contribution in [0.5, 0.6) is 0 Å². The van der Waals surface area contributed by atoms with Crippen LogP contribution in [-0.2, 0) is 0 Å². The third-order valence-corrected chi connectivity index (χ3v) is 4.61. The summed E-state index contributed by atoms with van der Waals surface area (Å²) in [7, 11) is 0. The molecule has 21 heavy (non-hydrogen) atoms. The van der Waals surface area contributed by atoms with Crippen LogP contribution in [0.25, 0.3) is 0 Å². The van der Waals surface area contributed by atoms with Gasteiger partial charge in [-0.1, -0.05) is 49.3 Å². The summed E-state index contributed by atoms with van der Waals surface area (Å²) in [5.41, 5.74) is 2.26.